The highest BCUT2D eigenvalue weighted by Crippen LogP contribution is 2.09. The van der Waals surface area contributed by atoms with Gasteiger partial charge in [-0.3, -0.25) is 4.79 Å². The van der Waals surface area contributed by atoms with Gasteiger partial charge in [-0.25, -0.2) is 9.67 Å². The second-order valence-electron chi connectivity index (χ2n) is 3.22. The third-order valence-electron chi connectivity index (χ3n) is 1.67. The van der Waals surface area contributed by atoms with Gasteiger partial charge in [-0.05, 0) is 6.92 Å². The van der Waals surface area contributed by atoms with Crippen molar-refractivity contribution in [3.05, 3.63) is 11.6 Å². The summed E-state index contributed by atoms with van der Waals surface area (Å²) < 4.78 is 1.40. The van der Waals surface area contributed by atoms with E-state index in [1.54, 1.807) is 6.92 Å². The van der Waals surface area contributed by atoms with Gasteiger partial charge in [-0.15, -0.1) is 0 Å². The largest absolute Gasteiger partial charge is 0.480 e. The van der Waals surface area contributed by atoms with E-state index in [9.17, 15) is 4.79 Å². The smallest absolute Gasteiger partial charge is 0.325 e. The standard InChI is InChI=1S/C8H13N3O2/c1-5(2)8-9-6(3)11(10-8)4-7(12)13/h5H,4H2,1-3H3,(H,12,13). The Hall–Kier alpha value is -1.39. The number of carboxylic acids is 1. The van der Waals surface area contributed by atoms with Gasteiger partial charge in [-0.1, -0.05) is 13.8 Å². The van der Waals surface area contributed by atoms with Crippen LogP contribution in [0.1, 0.15) is 31.4 Å². The first-order valence-corrected chi connectivity index (χ1v) is 4.14. The Balaban J connectivity index is 2.89. The average Bonchev–Trinajstić information content (AvgIpc) is 2.31. The molecule has 13 heavy (non-hydrogen) atoms. The first-order chi connectivity index (χ1) is 6.00. The van der Waals surface area contributed by atoms with E-state index >= 15 is 0 Å². The molecule has 1 heterocycles. The number of hydrogen-bond donors (Lipinski definition) is 1. The lowest BCUT2D eigenvalue weighted by atomic mass is 10.2. The summed E-state index contributed by atoms with van der Waals surface area (Å²) in [5, 5.41) is 12.6. The van der Waals surface area contributed by atoms with Crippen LogP contribution < -0.4 is 0 Å². The number of hydrogen-bond acceptors (Lipinski definition) is 3. The van der Waals surface area contributed by atoms with Crippen molar-refractivity contribution in [2.45, 2.75) is 33.2 Å². The topological polar surface area (TPSA) is 68.0 Å². The van der Waals surface area contributed by atoms with Gasteiger partial charge in [0.15, 0.2) is 5.82 Å². The molecule has 1 N–H and O–H groups in total. The molecule has 0 aliphatic heterocycles. The Morgan fingerprint density at radius 3 is 2.62 bits per heavy atom. The summed E-state index contributed by atoms with van der Waals surface area (Å²) in [7, 11) is 0. The van der Waals surface area contributed by atoms with Crippen LogP contribution in [0.15, 0.2) is 0 Å². The van der Waals surface area contributed by atoms with Crippen LogP contribution in [0.3, 0.4) is 0 Å². The van der Waals surface area contributed by atoms with Crippen molar-refractivity contribution >= 4 is 5.97 Å². The highest BCUT2D eigenvalue weighted by molar-refractivity contribution is 5.66. The molecule has 0 radical (unpaired) electrons. The van der Waals surface area contributed by atoms with Crippen molar-refractivity contribution in [2.24, 2.45) is 0 Å². The van der Waals surface area contributed by atoms with Gasteiger partial charge in [0.25, 0.3) is 0 Å². The molecule has 0 aliphatic carbocycles. The van der Waals surface area contributed by atoms with Crippen molar-refractivity contribution in [1.82, 2.24) is 14.8 Å². The first kappa shape index (κ1) is 9.70. The van der Waals surface area contributed by atoms with Crippen LogP contribution in [-0.4, -0.2) is 25.8 Å². The number of nitrogens with zero attached hydrogens (tertiary/aromatic N) is 3. The van der Waals surface area contributed by atoms with E-state index in [1.807, 2.05) is 13.8 Å². The second-order valence-corrected chi connectivity index (χ2v) is 3.22. The molecule has 0 fully saturated rings. The van der Waals surface area contributed by atoms with E-state index in [1.165, 1.54) is 4.68 Å². The van der Waals surface area contributed by atoms with Gasteiger partial charge in [-0.2, -0.15) is 5.10 Å². The predicted octanol–water partition coefficient (Wildman–Crippen LogP) is 0.795. The molecule has 0 aliphatic rings. The quantitative estimate of drug-likeness (QED) is 0.752. The summed E-state index contributed by atoms with van der Waals surface area (Å²) in [4.78, 5) is 14.6. The Labute approximate surface area is 76.4 Å². The summed E-state index contributed by atoms with van der Waals surface area (Å²) in [6, 6.07) is 0. The minimum atomic E-state index is -0.900. The van der Waals surface area contributed by atoms with Gasteiger partial charge in [0.05, 0.1) is 0 Å². The summed E-state index contributed by atoms with van der Waals surface area (Å²) in [6.07, 6.45) is 0. The van der Waals surface area contributed by atoms with Crippen LogP contribution in [0.5, 0.6) is 0 Å². The summed E-state index contributed by atoms with van der Waals surface area (Å²) in [6.45, 7) is 5.58. The normalized spacial score (nSPS) is 10.8. The molecule has 0 saturated carbocycles. The third kappa shape index (κ3) is 2.27. The van der Waals surface area contributed by atoms with E-state index in [2.05, 4.69) is 10.1 Å². The van der Waals surface area contributed by atoms with E-state index in [0.29, 0.717) is 11.6 Å². The van der Waals surface area contributed by atoms with Crippen molar-refractivity contribution in [3.8, 4) is 0 Å². The summed E-state index contributed by atoms with van der Waals surface area (Å²) in [5.74, 6) is 0.668. The van der Waals surface area contributed by atoms with E-state index < -0.39 is 5.97 Å². The lowest BCUT2D eigenvalue weighted by Crippen LogP contribution is -2.11. The lowest BCUT2D eigenvalue weighted by Gasteiger charge is -1.97. The zero-order chi connectivity index (χ0) is 10.0. The Kier molecular flexibility index (Phi) is 2.65. The fourth-order valence-corrected chi connectivity index (χ4v) is 0.964. The molecule has 5 heteroatoms. The average molecular weight is 183 g/mol. The van der Waals surface area contributed by atoms with E-state index in [4.69, 9.17) is 5.11 Å². The zero-order valence-corrected chi connectivity index (χ0v) is 7.98. The van der Waals surface area contributed by atoms with Crippen LogP contribution in [0.2, 0.25) is 0 Å². The SMILES string of the molecule is Cc1nc(C(C)C)nn1CC(=O)O. The molecule has 72 valence electrons. The Morgan fingerprint density at radius 2 is 2.23 bits per heavy atom. The second kappa shape index (κ2) is 3.55. The van der Waals surface area contributed by atoms with Gasteiger partial charge in [0.1, 0.15) is 12.4 Å². The Bertz CT molecular complexity index is 317. The third-order valence-corrected chi connectivity index (χ3v) is 1.67. The molecular formula is C8H13N3O2. The highest BCUT2D eigenvalue weighted by atomic mass is 16.4. The van der Waals surface area contributed by atoms with Crippen LogP contribution >= 0.6 is 0 Å². The maximum Gasteiger partial charge on any atom is 0.325 e. The van der Waals surface area contributed by atoms with E-state index in [-0.39, 0.29) is 12.5 Å². The van der Waals surface area contributed by atoms with Crippen molar-refractivity contribution < 1.29 is 9.90 Å². The molecule has 0 bridgehead atoms. The van der Waals surface area contributed by atoms with Gasteiger partial charge in [0.2, 0.25) is 0 Å². The maximum atomic E-state index is 10.4. The number of aliphatic carboxylic acids is 1. The maximum absolute atomic E-state index is 10.4. The van der Waals surface area contributed by atoms with E-state index in [0.717, 1.165) is 0 Å². The molecule has 0 spiro atoms. The lowest BCUT2D eigenvalue weighted by molar-refractivity contribution is -0.137. The van der Waals surface area contributed by atoms with Gasteiger partial charge in [0, 0.05) is 5.92 Å². The van der Waals surface area contributed by atoms with Gasteiger partial charge < -0.3 is 5.11 Å². The number of aryl methyl sites for hydroxylation is 1. The molecule has 0 unspecified atom stereocenters. The summed E-state index contributed by atoms with van der Waals surface area (Å²) in [5.41, 5.74) is 0. The van der Waals surface area contributed by atoms with Crippen molar-refractivity contribution in [1.29, 1.82) is 0 Å². The summed E-state index contributed by atoms with van der Waals surface area (Å²) >= 11 is 0. The number of carbonyl (C=O) groups is 1. The molecule has 0 aromatic carbocycles. The molecule has 1 aromatic heterocycles. The molecular weight excluding hydrogens is 170 g/mol. The molecule has 1 aromatic rings. The monoisotopic (exact) mass is 183 g/mol. The zero-order valence-electron chi connectivity index (χ0n) is 7.98. The molecule has 0 saturated heterocycles. The Morgan fingerprint density at radius 1 is 1.62 bits per heavy atom. The highest BCUT2D eigenvalue weighted by Gasteiger charge is 2.10. The van der Waals surface area contributed by atoms with Crippen molar-refractivity contribution in [2.75, 3.05) is 0 Å². The molecule has 0 atom stereocenters. The van der Waals surface area contributed by atoms with Gasteiger partial charge >= 0.3 is 5.97 Å². The molecule has 1 rings (SSSR count). The van der Waals surface area contributed by atoms with Crippen LogP contribution in [0.25, 0.3) is 0 Å². The first-order valence-electron chi connectivity index (χ1n) is 4.14. The van der Waals surface area contributed by atoms with Crippen LogP contribution in [0, 0.1) is 6.92 Å². The fraction of sp³-hybridized carbons (Fsp3) is 0.625. The number of aromatic nitrogens is 3. The minimum Gasteiger partial charge on any atom is -0.480 e. The number of carboxylic acid groups (broad SMARTS) is 1. The van der Waals surface area contributed by atoms with Crippen LogP contribution in [-0.2, 0) is 11.3 Å². The predicted molar refractivity (Wildman–Crippen MR) is 46.5 cm³/mol. The molecule has 5 nitrogen and oxygen atoms in total. The van der Waals surface area contributed by atoms with Crippen LogP contribution in [0.4, 0.5) is 0 Å². The molecule has 0 amide bonds. The fourth-order valence-electron chi connectivity index (χ4n) is 0.964. The van der Waals surface area contributed by atoms with Crippen molar-refractivity contribution in [3.63, 3.8) is 0 Å². The number of rotatable bonds is 3. The minimum absolute atomic E-state index is 0.119.